The van der Waals surface area contributed by atoms with Gasteiger partial charge in [-0.3, -0.25) is 4.79 Å². The third-order valence-corrected chi connectivity index (χ3v) is 3.93. The van der Waals surface area contributed by atoms with E-state index in [9.17, 15) is 14.7 Å². The van der Waals surface area contributed by atoms with Gasteiger partial charge in [-0.15, -0.1) is 0 Å². The second-order valence-corrected chi connectivity index (χ2v) is 5.55. The SMILES string of the molecule is CC(=O)C1=C(O)C(=O)N(c2cccc[nH+]2)C1c1ccc(C)cc1. The number of aliphatic hydroxyl groups excluding tert-OH is 1. The zero-order chi connectivity index (χ0) is 16.6. The first-order chi connectivity index (χ1) is 11.0. The van der Waals surface area contributed by atoms with Gasteiger partial charge in [0.2, 0.25) is 5.76 Å². The van der Waals surface area contributed by atoms with Crippen molar-refractivity contribution in [2.75, 3.05) is 4.90 Å². The van der Waals surface area contributed by atoms with Crippen LogP contribution < -0.4 is 9.88 Å². The summed E-state index contributed by atoms with van der Waals surface area (Å²) in [5, 5.41) is 10.2. The highest BCUT2D eigenvalue weighted by atomic mass is 16.3. The van der Waals surface area contributed by atoms with Gasteiger partial charge in [0.25, 0.3) is 5.82 Å². The number of carbonyl (C=O) groups excluding carboxylic acids is 2. The smallest absolute Gasteiger partial charge is 0.377 e. The van der Waals surface area contributed by atoms with Crippen LogP contribution in [0, 0.1) is 6.92 Å². The lowest BCUT2D eigenvalue weighted by atomic mass is 9.96. The molecule has 1 aromatic heterocycles. The lowest BCUT2D eigenvalue weighted by molar-refractivity contribution is -0.363. The van der Waals surface area contributed by atoms with Crippen molar-refractivity contribution < 1.29 is 19.7 Å². The van der Waals surface area contributed by atoms with Crippen LogP contribution in [0.2, 0.25) is 0 Å². The number of anilines is 1. The van der Waals surface area contributed by atoms with Gasteiger partial charge >= 0.3 is 5.91 Å². The molecule has 5 heteroatoms. The van der Waals surface area contributed by atoms with Gasteiger partial charge < -0.3 is 5.11 Å². The van der Waals surface area contributed by atoms with E-state index in [0.29, 0.717) is 5.82 Å². The molecular weight excluding hydrogens is 292 g/mol. The average Bonchev–Trinajstić information content (AvgIpc) is 2.81. The highest BCUT2D eigenvalue weighted by molar-refractivity contribution is 6.15. The van der Waals surface area contributed by atoms with Crippen LogP contribution >= 0.6 is 0 Å². The second-order valence-electron chi connectivity index (χ2n) is 5.55. The molecule has 2 aromatic rings. The Hall–Kier alpha value is -2.95. The molecule has 2 heterocycles. The largest absolute Gasteiger partial charge is 0.501 e. The number of nitrogens with zero attached hydrogens (tertiary/aromatic N) is 1. The Morgan fingerprint density at radius 2 is 1.87 bits per heavy atom. The molecule has 2 N–H and O–H groups in total. The number of aliphatic hydroxyl groups is 1. The number of Topliss-reactive ketones (excluding diaryl/α,β-unsaturated/α-hetero) is 1. The molecule has 1 atom stereocenters. The van der Waals surface area contributed by atoms with E-state index in [2.05, 4.69) is 4.98 Å². The summed E-state index contributed by atoms with van der Waals surface area (Å²) in [7, 11) is 0. The van der Waals surface area contributed by atoms with E-state index in [1.165, 1.54) is 11.8 Å². The Bertz CT molecular complexity index is 795. The predicted molar refractivity (Wildman–Crippen MR) is 84.7 cm³/mol. The summed E-state index contributed by atoms with van der Waals surface area (Å²) in [5.74, 6) is -0.866. The molecule has 0 aliphatic carbocycles. The number of aryl methyl sites for hydroxylation is 1. The molecule has 0 radical (unpaired) electrons. The van der Waals surface area contributed by atoms with E-state index in [4.69, 9.17) is 0 Å². The van der Waals surface area contributed by atoms with Crippen LogP contribution in [0.25, 0.3) is 0 Å². The number of rotatable bonds is 3. The number of amides is 1. The van der Waals surface area contributed by atoms with Crippen LogP contribution in [0.4, 0.5) is 5.82 Å². The first-order valence-corrected chi connectivity index (χ1v) is 7.31. The summed E-state index contributed by atoms with van der Waals surface area (Å²) in [5.41, 5.74) is 1.97. The molecule has 116 valence electrons. The van der Waals surface area contributed by atoms with Crippen molar-refractivity contribution in [3.8, 4) is 0 Å². The van der Waals surface area contributed by atoms with E-state index in [-0.39, 0.29) is 11.4 Å². The topological polar surface area (TPSA) is 71.8 Å². The summed E-state index contributed by atoms with van der Waals surface area (Å²) in [6.45, 7) is 3.32. The van der Waals surface area contributed by atoms with Crippen LogP contribution in [-0.4, -0.2) is 16.8 Å². The van der Waals surface area contributed by atoms with E-state index >= 15 is 0 Å². The maximum atomic E-state index is 12.5. The molecule has 1 aromatic carbocycles. The van der Waals surface area contributed by atoms with Gasteiger partial charge in [-0.1, -0.05) is 35.9 Å². The number of H-pyrrole nitrogens is 1. The van der Waals surface area contributed by atoms with Crippen molar-refractivity contribution in [1.29, 1.82) is 0 Å². The number of pyridine rings is 1. The van der Waals surface area contributed by atoms with Gasteiger partial charge in [-0.2, -0.15) is 4.90 Å². The van der Waals surface area contributed by atoms with E-state index < -0.39 is 17.7 Å². The minimum absolute atomic E-state index is 0.121. The number of hydrogen-bond donors (Lipinski definition) is 1. The zero-order valence-corrected chi connectivity index (χ0v) is 12.9. The van der Waals surface area contributed by atoms with Crippen LogP contribution in [0.3, 0.4) is 0 Å². The highest BCUT2D eigenvalue weighted by Crippen LogP contribution is 2.39. The summed E-state index contributed by atoms with van der Waals surface area (Å²) < 4.78 is 0. The van der Waals surface area contributed by atoms with Crippen LogP contribution in [0.5, 0.6) is 0 Å². The van der Waals surface area contributed by atoms with Gasteiger partial charge in [-0.25, -0.2) is 9.78 Å². The Balaban J connectivity index is 2.17. The molecular formula is C18H17N2O3+. The Morgan fingerprint density at radius 1 is 1.17 bits per heavy atom. The monoisotopic (exact) mass is 309 g/mol. The minimum atomic E-state index is -0.640. The van der Waals surface area contributed by atoms with E-state index in [1.54, 1.807) is 24.4 Å². The van der Waals surface area contributed by atoms with Gasteiger partial charge in [0, 0.05) is 11.6 Å². The number of ketones is 1. The lowest BCUT2D eigenvalue weighted by Gasteiger charge is -2.19. The number of nitrogens with one attached hydrogen (secondary N) is 1. The fourth-order valence-corrected chi connectivity index (χ4v) is 2.81. The van der Waals surface area contributed by atoms with Crippen molar-refractivity contribution in [2.24, 2.45) is 0 Å². The van der Waals surface area contributed by atoms with Crippen LogP contribution in [0.1, 0.15) is 24.1 Å². The van der Waals surface area contributed by atoms with Crippen molar-refractivity contribution in [2.45, 2.75) is 19.9 Å². The number of hydrogen-bond acceptors (Lipinski definition) is 3. The Labute approximate surface area is 133 Å². The molecule has 3 rings (SSSR count). The molecule has 5 nitrogen and oxygen atoms in total. The summed E-state index contributed by atoms with van der Waals surface area (Å²) in [6, 6.07) is 12.2. The van der Waals surface area contributed by atoms with Crippen molar-refractivity contribution in [3.05, 3.63) is 71.1 Å². The van der Waals surface area contributed by atoms with Gasteiger partial charge in [-0.05, 0) is 19.9 Å². The summed E-state index contributed by atoms with van der Waals surface area (Å²) >= 11 is 0. The second kappa shape index (κ2) is 5.68. The van der Waals surface area contributed by atoms with Crippen LogP contribution in [-0.2, 0) is 9.59 Å². The van der Waals surface area contributed by atoms with Crippen molar-refractivity contribution >= 4 is 17.5 Å². The fourth-order valence-electron chi connectivity index (χ4n) is 2.81. The molecule has 1 aliphatic heterocycles. The molecule has 23 heavy (non-hydrogen) atoms. The van der Waals surface area contributed by atoms with Gasteiger partial charge in [0.1, 0.15) is 0 Å². The standard InChI is InChI=1S/C18H16N2O3/c1-11-6-8-13(9-7-11)16-15(12(2)21)17(22)18(23)20(16)14-5-3-4-10-19-14/h3-10,16,22H,1-2H3/p+1. The van der Waals surface area contributed by atoms with Crippen molar-refractivity contribution in [3.63, 3.8) is 0 Å². The molecule has 1 unspecified atom stereocenters. The zero-order valence-electron chi connectivity index (χ0n) is 12.9. The highest BCUT2D eigenvalue weighted by Gasteiger charge is 2.49. The predicted octanol–water partition coefficient (Wildman–Crippen LogP) is 2.30. The van der Waals surface area contributed by atoms with Crippen LogP contribution in [0.15, 0.2) is 60.0 Å². The number of carbonyl (C=O) groups is 2. The quantitative estimate of drug-likeness (QED) is 0.945. The maximum absolute atomic E-state index is 12.5. The molecule has 0 saturated carbocycles. The third-order valence-electron chi connectivity index (χ3n) is 3.93. The first-order valence-electron chi connectivity index (χ1n) is 7.31. The third kappa shape index (κ3) is 2.50. The van der Waals surface area contributed by atoms with Crippen molar-refractivity contribution in [1.82, 2.24) is 0 Å². The van der Waals surface area contributed by atoms with Gasteiger partial charge in [0.15, 0.2) is 11.8 Å². The number of aromatic amines is 1. The normalized spacial score (nSPS) is 17.7. The molecule has 0 bridgehead atoms. The minimum Gasteiger partial charge on any atom is -0.501 e. The lowest BCUT2D eigenvalue weighted by Crippen LogP contribution is -2.35. The van der Waals surface area contributed by atoms with Gasteiger partial charge in [0.05, 0.1) is 11.8 Å². The number of benzene rings is 1. The Morgan fingerprint density at radius 3 is 2.43 bits per heavy atom. The Kier molecular flexibility index (Phi) is 3.70. The summed E-state index contributed by atoms with van der Waals surface area (Å²) in [6.07, 6.45) is 1.69. The number of aromatic nitrogens is 1. The molecule has 0 saturated heterocycles. The first kappa shape index (κ1) is 15.0. The average molecular weight is 309 g/mol. The molecule has 0 spiro atoms. The summed E-state index contributed by atoms with van der Waals surface area (Å²) in [4.78, 5) is 28.9. The fraction of sp³-hybridized carbons (Fsp3) is 0.167. The van der Waals surface area contributed by atoms with E-state index in [1.807, 2.05) is 31.2 Å². The molecule has 1 aliphatic rings. The molecule has 1 amide bonds. The van der Waals surface area contributed by atoms with E-state index in [0.717, 1.165) is 11.1 Å². The molecule has 0 fully saturated rings. The maximum Gasteiger partial charge on any atom is 0.377 e.